The highest BCUT2D eigenvalue weighted by Gasteiger charge is 2.33. The number of hydrogen-bond donors (Lipinski definition) is 0. The summed E-state index contributed by atoms with van der Waals surface area (Å²) in [6, 6.07) is 12.0. The Hall–Kier alpha value is -2.91. The van der Waals surface area contributed by atoms with E-state index in [1.165, 1.54) is 29.8 Å². The van der Waals surface area contributed by atoms with Crippen molar-refractivity contribution in [3.63, 3.8) is 0 Å². The molecular formula is C24H16Cl2N2O4S2. The number of thiophene rings is 1. The summed E-state index contributed by atoms with van der Waals surface area (Å²) < 4.78 is 12.9. The van der Waals surface area contributed by atoms with Gasteiger partial charge in [-0.25, -0.2) is 9.79 Å². The van der Waals surface area contributed by atoms with Crippen LogP contribution in [0.25, 0.3) is 17.4 Å². The van der Waals surface area contributed by atoms with Gasteiger partial charge in [0.25, 0.3) is 5.56 Å². The molecule has 34 heavy (non-hydrogen) atoms. The van der Waals surface area contributed by atoms with E-state index in [1.807, 2.05) is 23.6 Å². The molecule has 5 rings (SSSR count). The molecule has 0 unspecified atom stereocenters. The molecular weight excluding hydrogens is 515 g/mol. The van der Waals surface area contributed by atoms with Crippen molar-refractivity contribution in [1.82, 2.24) is 4.57 Å². The normalized spacial score (nSPS) is 15.9. The molecule has 4 aromatic rings. The molecule has 0 fully saturated rings. The Kier molecular flexibility index (Phi) is 6.07. The van der Waals surface area contributed by atoms with E-state index in [0.717, 1.165) is 4.88 Å². The van der Waals surface area contributed by atoms with Gasteiger partial charge in [0.2, 0.25) is 0 Å². The smallest absolute Gasteiger partial charge is 0.338 e. The van der Waals surface area contributed by atoms with Gasteiger partial charge in [-0.2, -0.15) is 0 Å². The number of carbonyl (C=O) groups excluding carboxylic acids is 1. The Morgan fingerprint density at radius 1 is 1.21 bits per heavy atom. The summed E-state index contributed by atoms with van der Waals surface area (Å²) in [5.41, 5.74) is 1.26. The van der Waals surface area contributed by atoms with Gasteiger partial charge in [0.15, 0.2) is 4.80 Å². The topological polar surface area (TPSA) is 73.8 Å². The van der Waals surface area contributed by atoms with Crippen LogP contribution >= 0.6 is 45.9 Å². The number of thiazole rings is 1. The number of rotatable bonds is 4. The number of hydrogen-bond acceptors (Lipinski definition) is 7. The summed E-state index contributed by atoms with van der Waals surface area (Å²) >= 11 is 15.1. The molecule has 4 heterocycles. The first-order valence-corrected chi connectivity index (χ1v) is 12.5. The van der Waals surface area contributed by atoms with Gasteiger partial charge in [-0.1, -0.05) is 46.7 Å². The third kappa shape index (κ3) is 3.86. The average Bonchev–Trinajstić information content (AvgIpc) is 3.56. The highest BCUT2D eigenvalue weighted by molar-refractivity contribution is 7.10. The first-order chi connectivity index (χ1) is 16.4. The number of carbonyl (C=O) groups is 1. The van der Waals surface area contributed by atoms with Gasteiger partial charge >= 0.3 is 5.97 Å². The van der Waals surface area contributed by atoms with E-state index in [0.29, 0.717) is 47.7 Å². The van der Waals surface area contributed by atoms with Gasteiger partial charge in [0.05, 0.1) is 33.0 Å². The SMILES string of the molecule is COC(=O)C1=C(C)N=c2s/c(=C/c3ccc(-c4cccc(Cl)c4Cl)o3)c(=O)n2[C@@H]1c1cccs1. The van der Waals surface area contributed by atoms with Gasteiger partial charge in [0, 0.05) is 16.5 Å². The molecule has 0 radical (unpaired) electrons. The van der Waals surface area contributed by atoms with Crippen molar-refractivity contribution in [3.8, 4) is 11.3 Å². The Morgan fingerprint density at radius 3 is 2.76 bits per heavy atom. The largest absolute Gasteiger partial charge is 0.466 e. The molecule has 1 aromatic carbocycles. The third-order valence-corrected chi connectivity index (χ3v) is 8.08. The van der Waals surface area contributed by atoms with E-state index in [-0.39, 0.29) is 5.56 Å². The summed E-state index contributed by atoms with van der Waals surface area (Å²) in [6.45, 7) is 1.75. The molecule has 3 aromatic heterocycles. The lowest BCUT2D eigenvalue weighted by Crippen LogP contribution is -2.39. The summed E-state index contributed by atoms with van der Waals surface area (Å²) in [5, 5.41) is 2.72. The molecule has 1 aliphatic rings. The minimum Gasteiger partial charge on any atom is -0.466 e. The van der Waals surface area contributed by atoms with Crippen LogP contribution in [0.4, 0.5) is 0 Å². The number of aromatic nitrogens is 1. The Bertz CT molecular complexity index is 1630. The van der Waals surface area contributed by atoms with E-state index in [9.17, 15) is 9.59 Å². The fourth-order valence-electron chi connectivity index (χ4n) is 3.81. The highest BCUT2D eigenvalue weighted by atomic mass is 35.5. The molecule has 0 spiro atoms. The maximum Gasteiger partial charge on any atom is 0.338 e. The van der Waals surface area contributed by atoms with Crippen molar-refractivity contribution in [2.45, 2.75) is 13.0 Å². The number of fused-ring (bicyclic) bond motifs is 1. The Balaban J connectivity index is 1.64. The van der Waals surface area contributed by atoms with Gasteiger partial charge in [-0.05, 0) is 42.6 Å². The summed E-state index contributed by atoms with van der Waals surface area (Å²) in [6.07, 6.45) is 1.66. The maximum atomic E-state index is 13.5. The van der Waals surface area contributed by atoms with E-state index in [2.05, 4.69) is 4.99 Å². The van der Waals surface area contributed by atoms with Gasteiger partial charge in [-0.3, -0.25) is 9.36 Å². The molecule has 0 N–H and O–H groups in total. The van der Waals surface area contributed by atoms with Crippen LogP contribution in [0, 0.1) is 0 Å². The number of esters is 1. The number of allylic oxidation sites excluding steroid dienone is 1. The molecule has 172 valence electrons. The predicted molar refractivity (Wildman–Crippen MR) is 134 cm³/mol. The van der Waals surface area contributed by atoms with E-state index in [4.69, 9.17) is 32.4 Å². The molecule has 10 heteroatoms. The maximum absolute atomic E-state index is 13.5. The number of nitrogens with zero attached hydrogens (tertiary/aromatic N) is 2. The van der Waals surface area contributed by atoms with Crippen molar-refractivity contribution >= 4 is 57.9 Å². The van der Waals surface area contributed by atoms with Gasteiger partial charge < -0.3 is 9.15 Å². The van der Waals surface area contributed by atoms with Crippen LogP contribution in [0.5, 0.6) is 0 Å². The van der Waals surface area contributed by atoms with Crippen molar-refractivity contribution in [2.75, 3.05) is 7.11 Å². The van der Waals surface area contributed by atoms with Crippen LogP contribution < -0.4 is 14.9 Å². The Morgan fingerprint density at radius 2 is 2.03 bits per heavy atom. The zero-order valence-corrected chi connectivity index (χ0v) is 21.0. The first-order valence-electron chi connectivity index (χ1n) is 10.1. The zero-order valence-electron chi connectivity index (χ0n) is 17.9. The fraction of sp³-hybridized carbons (Fsp3) is 0.125. The minimum absolute atomic E-state index is 0.269. The van der Waals surface area contributed by atoms with Crippen LogP contribution in [0.15, 0.2) is 73.3 Å². The summed E-state index contributed by atoms with van der Waals surface area (Å²) in [5.74, 6) is 0.503. The molecule has 0 saturated heterocycles. The molecule has 0 amide bonds. The fourth-order valence-corrected chi connectivity index (χ4v) is 6.05. The zero-order chi connectivity index (χ0) is 24.0. The Labute approximate surface area is 211 Å². The molecule has 1 atom stereocenters. The van der Waals surface area contributed by atoms with Crippen molar-refractivity contribution in [2.24, 2.45) is 4.99 Å². The number of furan rings is 1. The second-order valence-corrected chi connectivity index (χ2v) is 10.2. The van der Waals surface area contributed by atoms with Crippen molar-refractivity contribution in [1.29, 1.82) is 0 Å². The van der Waals surface area contributed by atoms with Crippen LogP contribution in [-0.4, -0.2) is 17.6 Å². The summed E-state index contributed by atoms with van der Waals surface area (Å²) in [4.78, 5) is 32.0. The van der Waals surface area contributed by atoms with Crippen LogP contribution in [-0.2, 0) is 9.53 Å². The quantitative estimate of drug-likeness (QED) is 0.346. The second-order valence-electron chi connectivity index (χ2n) is 7.39. The average molecular weight is 531 g/mol. The lowest BCUT2D eigenvalue weighted by atomic mass is 10.0. The third-order valence-electron chi connectivity index (χ3n) is 5.36. The first kappa shape index (κ1) is 22.9. The molecule has 1 aliphatic heterocycles. The number of ether oxygens (including phenoxy) is 1. The lowest BCUT2D eigenvalue weighted by Gasteiger charge is -2.22. The summed E-state index contributed by atoms with van der Waals surface area (Å²) in [7, 11) is 1.32. The highest BCUT2D eigenvalue weighted by Crippen LogP contribution is 2.35. The van der Waals surface area contributed by atoms with Gasteiger partial charge in [0.1, 0.15) is 17.6 Å². The number of benzene rings is 1. The van der Waals surface area contributed by atoms with Crippen LogP contribution in [0.1, 0.15) is 23.6 Å². The van der Waals surface area contributed by atoms with Crippen molar-refractivity contribution in [3.05, 3.63) is 99.5 Å². The van der Waals surface area contributed by atoms with E-state index < -0.39 is 12.0 Å². The van der Waals surface area contributed by atoms with E-state index >= 15 is 0 Å². The lowest BCUT2D eigenvalue weighted by molar-refractivity contribution is -0.136. The standard InChI is InChI=1S/C24H16Cl2N2O4S2/c1-12-19(23(30)31-2)21(17-7-4-10-33-17)28-22(29)18(34-24(28)27-12)11-13-8-9-16(32-13)14-5-3-6-15(25)20(14)26/h3-11,21H,1-2H3/b18-11+/t21-/m1/s1. The van der Waals surface area contributed by atoms with Crippen LogP contribution in [0.3, 0.4) is 0 Å². The molecule has 6 nitrogen and oxygen atoms in total. The minimum atomic E-state index is -0.608. The van der Waals surface area contributed by atoms with Crippen molar-refractivity contribution < 1.29 is 13.9 Å². The number of methoxy groups -OCH3 is 1. The monoisotopic (exact) mass is 530 g/mol. The molecule has 0 saturated carbocycles. The molecule has 0 bridgehead atoms. The van der Waals surface area contributed by atoms with Gasteiger partial charge in [-0.15, -0.1) is 11.3 Å². The number of halogens is 2. The second kappa shape index (κ2) is 9.03. The predicted octanol–water partition coefficient (Wildman–Crippen LogP) is 5.04. The van der Waals surface area contributed by atoms with Crippen LogP contribution in [0.2, 0.25) is 10.0 Å². The molecule has 0 aliphatic carbocycles. The van der Waals surface area contributed by atoms with E-state index in [1.54, 1.807) is 41.8 Å².